The number of ether oxygens (including phenoxy) is 4. The summed E-state index contributed by atoms with van der Waals surface area (Å²) >= 11 is 0. The number of phenols is 2. The van der Waals surface area contributed by atoms with Gasteiger partial charge in [-0.25, -0.2) is 0 Å². The van der Waals surface area contributed by atoms with Crippen LogP contribution in [0.2, 0.25) is 0 Å². The van der Waals surface area contributed by atoms with Crippen LogP contribution in [-0.2, 0) is 29.8 Å². The Morgan fingerprint density at radius 3 is 1.30 bits per heavy atom. The van der Waals surface area contributed by atoms with Gasteiger partial charge in [-0.1, -0.05) is 55.4 Å². The molecule has 0 aromatic heterocycles. The lowest BCUT2D eigenvalue weighted by Gasteiger charge is -2.27. The summed E-state index contributed by atoms with van der Waals surface area (Å²) in [5.74, 6) is 0.269. The van der Waals surface area contributed by atoms with E-state index in [0.29, 0.717) is 61.8 Å². The molecule has 0 saturated carbocycles. The van der Waals surface area contributed by atoms with E-state index in [0.717, 1.165) is 24.0 Å². The zero-order valence-corrected chi connectivity index (χ0v) is 27.2. The van der Waals surface area contributed by atoms with Crippen LogP contribution >= 0.6 is 0 Å². The molecular weight excluding hydrogens is 544 g/mol. The maximum absolute atomic E-state index is 11.1. The van der Waals surface area contributed by atoms with Gasteiger partial charge in [0, 0.05) is 42.1 Å². The number of phenolic OH excluding ortho intramolecular Hbond substituents is 2. The Hall–Kier alpha value is -2.78. The average Bonchev–Trinajstić information content (AvgIpc) is 2.94. The zero-order chi connectivity index (χ0) is 31.4. The van der Waals surface area contributed by atoms with Crippen molar-refractivity contribution in [3.63, 3.8) is 0 Å². The smallest absolute Gasteiger partial charge is 0.187 e. The molecule has 8 nitrogen and oxygen atoms in total. The standard InChI is InChI=1S/C35H50N2O6/c1-33(2,3)25-15-23(29(38)27(17-25)31-40-11-9-12-41-31)19-36-21-35(7,8)22-37-20-24-16-26(34(4,5)6)18-28(30(24)39)32-42-13-10-14-43-32/h15-20,31-32,38-39H,9-14,21-22H2,1-8H3. The Balaban J connectivity index is 1.51. The quantitative estimate of drug-likeness (QED) is 0.315. The van der Waals surface area contributed by atoms with Gasteiger partial charge in [0.25, 0.3) is 0 Å². The lowest BCUT2D eigenvalue weighted by Crippen LogP contribution is -2.21. The third kappa shape index (κ3) is 8.66. The van der Waals surface area contributed by atoms with Crippen LogP contribution in [0.4, 0.5) is 0 Å². The van der Waals surface area contributed by atoms with Gasteiger partial charge in [0.1, 0.15) is 11.5 Å². The van der Waals surface area contributed by atoms with Crippen LogP contribution < -0.4 is 0 Å². The molecule has 2 aromatic rings. The second-order valence-corrected chi connectivity index (χ2v) is 14.5. The van der Waals surface area contributed by atoms with Gasteiger partial charge in [-0.2, -0.15) is 0 Å². The summed E-state index contributed by atoms with van der Waals surface area (Å²) in [6.45, 7) is 20.4. The largest absolute Gasteiger partial charge is 0.507 e. The molecule has 2 saturated heterocycles. The summed E-state index contributed by atoms with van der Waals surface area (Å²) < 4.78 is 23.2. The minimum atomic E-state index is -0.584. The summed E-state index contributed by atoms with van der Waals surface area (Å²) in [6.07, 6.45) is 3.98. The van der Waals surface area contributed by atoms with Gasteiger partial charge in [-0.3, -0.25) is 9.98 Å². The molecule has 0 radical (unpaired) electrons. The Kier molecular flexibility index (Phi) is 10.4. The van der Waals surface area contributed by atoms with E-state index in [-0.39, 0.29) is 27.7 Å². The molecule has 2 aliphatic rings. The summed E-state index contributed by atoms with van der Waals surface area (Å²) in [5.41, 5.74) is 4.19. The van der Waals surface area contributed by atoms with Crippen LogP contribution in [0.5, 0.6) is 11.5 Å². The Morgan fingerprint density at radius 2 is 0.977 bits per heavy atom. The number of benzene rings is 2. The number of nitrogens with zero attached hydrogens (tertiary/aromatic N) is 2. The summed E-state index contributed by atoms with van der Waals surface area (Å²) in [4.78, 5) is 9.45. The van der Waals surface area contributed by atoms with Crippen molar-refractivity contribution in [2.75, 3.05) is 39.5 Å². The van der Waals surface area contributed by atoms with E-state index in [1.54, 1.807) is 12.4 Å². The highest BCUT2D eigenvalue weighted by Crippen LogP contribution is 2.38. The summed E-state index contributed by atoms with van der Waals surface area (Å²) in [7, 11) is 0. The molecule has 0 spiro atoms. The molecular formula is C35H50N2O6. The summed E-state index contributed by atoms with van der Waals surface area (Å²) in [5, 5.41) is 22.3. The Bertz CT molecular complexity index is 1210. The van der Waals surface area contributed by atoms with Crippen molar-refractivity contribution in [3.8, 4) is 11.5 Å². The van der Waals surface area contributed by atoms with Gasteiger partial charge in [-0.05, 0) is 59.1 Å². The van der Waals surface area contributed by atoms with E-state index in [1.807, 2.05) is 24.3 Å². The van der Waals surface area contributed by atoms with Gasteiger partial charge < -0.3 is 29.2 Å². The zero-order valence-electron chi connectivity index (χ0n) is 27.2. The molecule has 236 valence electrons. The molecule has 2 N–H and O–H groups in total. The van der Waals surface area contributed by atoms with Gasteiger partial charge in [-0.15, -0.1) is 0 Å². The van der Waals surface area contributed by atoms with Gasteiger partial charge in [0.15, 0.2) is 12.6 Å². The van der Waals surface area contributed by atoms with Crippen LogP contribution in [-0.4, -0.2) is 62.2 Å². The minimum Gasteiger partial charge on any atom is -0.507 e. The van der Waals surface area contributed by atoms with E-state index in [2.05, 4.69) is 55.4 Å². The molecule has 8 heteroatoms. The molecule has 0 unspecified atom stereocenters. The summed E-state index contributed by atoms with van der Waals surface area (Å²) in [6, 6.07) is 7.92. The van der Waals surface area contributed by atoms with E-state index >= 15 is 0 Å². The first-order valence-electron chi connectivity index (χ1n) is 15.4. The average molecular weight is 595 g/mol. The molecule has 0 aliphatic carbocycles. The van der Waals surface area contributed by atoms with Crippen LogP contribution in [0.3, 0.4) is 0 Å². The molecule has 4 rings (SSSR count). The van der Waals surface area contributed by atoms with E-state index < -0.39 is 12.6 Å². The molecule has 2 aliphatic heterocycles. The highest BCUT2D eigenvalue weighted by Gasteiger charge is 2.27. The number of aliphatic imine (C=N–C) groups is 2. The SMILES string of the molecule is CC(C)(CN=Cc1cc(C(C)(C)C)cc(C2OCCCO2)c1O)CN=Cc1cc(C(C)(C)C)cc(C2OCCCO2)c1O. The van der Waals surface area contributed by atoms with Crippen molar-refractivity contribution < 1.29 is 29.2 Å². The van der Waals surface area contributed by atoms with Gasteiger partial charge in [0.05, 0.1) is 37.6 Å². The van der Waals surface area contributed by atoms with Crippen molar-refractivity contribution in [2.45, 2.75) is 91.6 Å². The first kappa shape index (κ1) is 33.1. The maximum atomic E-state index is 11.1. The topological polar surface area (TPSA) is 102 Å². The normalized spacial score (nSPS) is 18.2. The fourth-order valence-electron chi connectivity index (χ4n) is 4.95. The van der Waals surface area contributed by atoms with Crippen LogP contribution in [0.1, 0.15) is 114 Å². The van der Waals surface area contributed by atoms with Crippen molar-refractivity contribution in [2.24, 2.45) is 15.4 Å². The lowest BCUT2D eigenvalue weighted by atomic mass is 9.84. The second kappa shape index (κ2) is 13.5. The van der Waals surface area contributed by atoms with Crippen molar-refractivity contribution >= 4 is 12.4 Å². The highest BCUT2D eigenvalue weighted by atomic mass is 16.7. The number of aromatic hydroxyl groups is 2. The highest BCUT2D eigenvalue weighted by molar-refractivity contribution is 5.85. The fraction of sp³-hybridized carbons (Fsp3) is 0.600. The number of rotatable bonds is 8. The third-order valence-electron chi connectivity index (χ3n) is 7.73. The molecule has 0 bridgehead atoms. The predicted octanol–water partition coefficient (Wildman–Crippen LogP) is 7.13. The van der Waals surface area contributed by atoms with Gasteiger partial charge >= 0.3 is 0 Å². The van der Waals surface area contributed by atoms with Crippen LogP contribution in [0.25, 0.3) is 0 Å². The fourth-order valence-corrected chi connectivity index (χ4v) is 4.95. The molecule has 0 atom stereocenters. The van der Waals surface area contributed by atoms with Crippen molar-refractivity contribution in [3.05, 3.63) is 57.6 Å². The van der Waals surface area contributed by atoms with E-state index in [9.17, 15) is 10.2 Å². The van der Waals surface area contributed by atoms with Crippen LogP contribution in [0.15, 0.2) is 34.3 Å². The van der Waals surface area contributed by atoms with E-state index in [4.69, 9.17) is 28.9 Å². The van der Waals surface area contributed by atoms with Crippen LogP contribution in [0, 0.1) is 5.41 Å². The predicted molar refractivity (Wildman–Crippen MR) is 171 cm³/mol. The lowest BCUT2D eigenvalue weighted by molar-refractivity contribution is -0.183. The maximum Gasteiger partial charge on any atom is 0.187 e. The van der Waals surface area contributed by atoms with E-state index in [1.165, 1.54) is 0 Å². The molecule has 0 amide bonds. The Morgan fingerprint density at radius 1 is 0.628 bits per heavy atom. The first-order chi connectivity index (χ1) is 20.2. The minimum absolute atomic E-state index is 0.126. The monoisotopic (exact) mass is 594 g/mol. The molecule has 2 fully saturated rings. The van der Waals surface area contributed by atoms with Crippen molar-refractivity contribution in [1.29, 1.82) is 0 Å². The Labute approximate surface area is 257 Å². The van der Waals surface area contributed by atoms with Crippen molar-refractivity contribution in [1.82, 2.24) is 0 Å². The van der Waals surface area contributed by atoms with Gasteiger partial charge in [0.2, 0.25) is 0 Å². The second-order valence-electron chi connectivity index (χ2n) is 14.5. The number of hydrogen-bond donors (Lipinski definition) is 2. The molecule has 2 aromatic carbocycles. The molecule has 43 heavy (non-hydrogen) atoms. The molecule has 2 heterocycles. The number of hydrogen-bond acceptors (Lipinski definition) is 8. The first-order valence-corrected chi connectivity index (χ1v) is 15.4. The third-order valence-corrected chi connectivity index (χ3v) is 7.73.